The van der Waals surface area contributed by atoms with E-state index in [9.17, 15) is 0 Å². The monoisotopic (exact) mass is 301 g/mol. The van der Waals surface area contributed by atoms with Gasteiger partial charge in [0, 0.05) is 57.2 Å². The van der Waals surface area contributed by atoms with Crippen LogP contribution in [-0.2, 0) is 11.8 Å². The predicted octanol–water partition coefficient (Wildman–Crippen LogP) is 1.69. The summed E-state index contributed by atoms with van der Waals surface area (Å²) in [6.07, 6.45) is 5.95. The van der Waals surface area contributed by atoms with Gasteiger partial charge in [-0.25, -0.2) is 9.97 Å². The maximum Gasteiger partial charge on any atom is 0.225 e. The fourth-order valence-electron chi connectivity index (χ4n) is 3.09. The van der Waals surface area contributed by atoms with Crippen molar-refractivity contribution in [3.8, 4) is 0 Å². The van der Waals surface area contributed by atoms with Gasteiger partial charge >= 0.3 is 0 Å². The maximum atomic E-state index is 5.42. The highest BCUT2D eigenvalue weighted by Gasteiger charge is 2.35. The molecule has 2 aromatic rings. The molecule has 1 saturated heterocycles. The van der Waals surface area contributed by atoms with E-state index in [0.717, 1.165) is 36.9 Å². The van der Waals surface area contributed by atoms with Crippen LogP contribution in [0.15, 0.2) is 18.6 Å². The van der Waals surface area contributed by atoms with Gasteiger partial charge in [0.05, 0.1) is 12.8 Å². The van der Waals surface area contributed by atoms with Crippen molar-refractivity contribution in [2.75, 3.05) is 31.7 Å². The average Bonchev–Trinajstić information content (AvgIpc) is 3.09. The topological polar surface area (TPSA) is 56.1 Å². The van der Waals surface area contributed by atoms with Crippen molar-refractivity contribution in [3.05, 3.63) is 35.4 Å². The Labute approximate surface area is 131 Å². The van der Waals surface area contributed by atoms with Crippen LogP contribution < -0.4 is 4.90 Å². The lowest BCUT2D eigenvalue weighted by Crippen LogP contribution is -2.23. The smallest absolute Gasteiger partial charge is 0.225 e. The third-order valence-corrected chi connectivity index (χ3v) is 4.47. The van der Waals surface area contributed by atoms with Crippen molar-refractivity contribution < 1.29 is 4.74 Å². The van der Waals surface area contributed by atoms with Crippen LogP contribution in [0.4, 0.5) is 5.95 Å². The van der Waals surface area contributed by atoms with Gasteiger partial charge in [0.15, 0.2) is 0 Å². The Morgan fingerprint density at radius 1 is 1.27 bits per heavy atom. The van der Waals surface area contributed by atoms with E-state index in [1.165, 1.54) is 5.56 Å². The standard InChI is InChI=1S/C16H23N5O/c1-11-5-17-16(19-12(11)2)21-8-14(10-22-4)15(9-21)13-6-18-20(3)7-13/h5-7,14-15H,8-10H2,1-4H3/t14-,15-/m0/s1. The quantitative estimate of drug-likeness (QED) is 0.860. The molecule has 1 fully saturated rings. The molecule has 6 nitrogen and oxygen atoms in total. The molecule has 6 heteroatoms. The van der Waals surface area contributed by atoms with Crippen LogP contribution in [0.25, 0.3) is 0 Å². The van der Waals surface area contributed by atoms with E-state index in [2.05, 4.69) is 26.2 Å². The first-order chi connectivity index (χ1) is 10.6. The van der Waals surface area contributed by atoms with Gasteiger partial charge in [0.1, 0.15) is 0 Å². The fraction of sp³-hybridized carbons (Fsp3) is 0.562. The van der Waals surface area contributed by atoms with Gasteiger partial charge in [0.25, 0.3) is 0 Å². The average molecular weight is 301 g/mol. The molecule has 0 bridgehead atoms. The Morgan fingerprint density at radius 2 is 2.09 bits per heavy atom. The van der Waals surface area contributed by atoms with Crippen molar-refractivity contribution >= 4 is 5.95 Å². The molecule has 118 valence electrons. The summed E-state index contributed by atoms with van der Waals surface area (Å²) in [4.78, 5) is 11.4. The molecule has 0 N–H and O–H groups in total. The lowest BCUT2D eigenvalue weighted by atomic mass is 9.92. The number of aromatic nitrogens is 4. The SMILES string of the molecule is COC[C@@H]1CN(c2ncc(C)c(C)n2)C[C@H]1c1cnn(C)c1. The number of aryl methyl sites for hydroxylation is 3. The largest absolute Gasteiger partial charge is 0.384 e. The number of hydrogen-bond donors (Lipinski definition) is 0. The van der Waals surface area contributed by atoms with Gasteiger partial charge in [-0.1, -0.05) is 0 Å². The van der Waals surface area contributed by atoms with Gasteiger partial charge in [-0.2, -0.15) is 5.10 Å². The predicted molar refractivity (Wildman–Crippen MR) is 85.0 cm³/mol. The van der Waals surface area contributed by atoms with E-state index in [1.807, 2.05) is 38.0 Å². The zero-order chi connectivity index (χ0) is 15.7. The summed E-state index contributed by atoms with van der Waals surface area (Å²) < 4.78 is 7.27. The minimum Gasteiger partial charge on any atom is -0.384 e. The van der Waals surface area contributed by atoms with Crippen molar-refractivity contribution in [2.24, 2.45) is 13.0 Å². The summed E-state index contributed by atoms with van der Waals surface area (Å²) in [5.41, 5.74) is 3.43. The van der Waals surface area contributed by atoms with Gasteiger partial charge in [0.2, 0.25) is 5.95 Å². The molecule has 3 heterocycles. The molecule has 0 spiro atoms. The van der Waals surface area contributed by atoms with Crippen LogP contribution in [0.5, 0.6) is 0 Å². The second kappa shape index (κ2) is 6.04. The van der Waals surface area contributed by atoms with Gasteiger partial charge in [-0.05, 0) is 25.0 Å². The van der Waals surface area contributed by atoms with Crippen LogP contribution in [0.2, 0.25) is 0 Å². The number of nitrogens with zero attached hydrogens (tertiary/aromatic N) is 5. The van der Waals surface area contributed by atoms with E-state index in [-0.39, 0.29) is 0 Å². The van der Waals surface area contributed by atoms with E-state index in [4.69, 9.17) is 4.74 Å². The van der Waals surface area contributed by atoms with Crippen molar-refractivity contribution in [1.29, 1.82) is 0 Å². The summed E-state index contributed by atoms with van der Waals surface area (Å²) in [6.45, 7) is 6.62. The summed E-state index contributed by atoms with van der Waals surface area (Å²) in [7, 11) is 3.71. The van der Waals surface area contributed by atoms with Crippen molar-refractivity contribution in [1.82, 2.24) is 19.7 Å². The molecule has 0 saturated carbocycles. The third-order valence-electron chi connectivity index (χ3n) is 4.47. The van der Waals surface area contributed by atoms with Crippen molar-refractivity contribution in [3.63, 3.8) is 0 Å². The van der Waals surface area contributed by atoms with Crippen LogP contribution in [0.1, 0.15) is 22.7 Å². The molecule has 0 amide bonds. The molecule has 0 unspecified atom stereocenters. The van der Waals surface area contributed by atoms with Gasteiger partial charge in [-0.15, -0.1) is 0 Å². The van der Waals surface area contributed by atoms with Crippen molar-refractivity contribution in [2.45, 2.75) is 19.8 Å². The summed E-state index contributed by atoms with van der Waals surface area (Å²) in [5.74, 6) is 1.65. The Balaban J connectivity index is 1.84. The summed E-state index contributed by atoms with van der Waals surface area (Å²) in [6, 6.07) is 0. The van der Waals surface area contributed by atoms with Crippen LogP contribution in [0.3, 0.4) is 0 Å². The molecule has 2 aromatic heterocycles. The van der Waals surface area contributed by atoms with Gasteiger partial charge < -0.3 is 9.64 Å². The molecule has 3 rings (SSSR count). The first-order valence-electron chi connectivity index (χ1n) is 7.61. The molecule has 1 aliphatic rings. The van der Waals surface area contributed by atoms with Crippen LogP contribution in [0, 0.1) is 19.8 Å². The minimum atomic E-state index is 0.402. The second-order valence-corrected chi connectivity index (χ2v) is 6.11. The molecule has 0 aromatic carbocycles. The Kier molecular flexibility index (Phi) is 4.11. The van der Waals surface area contributed by atoms with E-state index in [1.54, 1.807) is 7.11 Å². The minimum absolute atomic E-state index is 0.402. The van der Waals surface area contributed by atoms with Gasteiger partial charge in [-0.3, -0.25) is 4.68 Å². The summed E-state index contributed by atoms with van der Waals surface area (Å²) in [5, 5.41) is 4.31. The molecular weight excluding hydrogens is 278 g/mol. The Bertz CT molecular complexity index is 654. The van der Waals surface area contributed by atoms with E-state index in [0.29, 0.717) is 11.8 Å². The molecule has 0 radical (unpaired) electrons. The summed E-state index contributed by atoms with van der Waals surface area (Å²) >= 11 is 0. The van der Waals surface area contributed by atoms with Crippen LogP contribution in [-0.4, -0.2) is 46.6 Å². The molecule has 22 heavy (non-hydrogen) atoms. The molecule has 1 aliphatic heterocycles. The molecular formula is C16H23N5O. The number of anilines is 1. The molecule has 2 atom stereocenters. The Morgan fingerprint density at radius 3 is 2.73 bits per heavy atom. The first-order valence-corrected chi connectivity index (χ1v) is 7.61. The highest BCUT2D eigenvalue weighted by Crippen LogP contribution is 2.34. The number of hydrogen-bond acceptors (Lipinski definition) is 5. The normalized spacial score (nSPS) is 21.5. The fourth-order valence-corrected chi connectivity index (χ4v) is 3.09. The van der Waals surface area contributed by atoms with E-state index < -0.39 is 0 Å². The number of rotatable bonds is 4. The lowest BCUT2D eigenvalue weighted by molar-refractivity contribution is 0.153. The first kappa shape index (κ1) is 15.0. The Hall–Kier alpha value is -1.95. The highest BCUT2D eigenvalue weighted by molar-refractivity contribution is 5.37. The second-order valence-electron chi connectivity index (χ2n) is 6.11. The van der Waals surface area contributed by atoms with Crippen LogP contribution >= 0.6 is 0 Å². The molecule has 0 aliphatic carbocycles. The maximum absolute atomic E-state index is 5.42. The zero-order valence-corrected chi connectivity index (χ0v) is 13.7. The third kappa shape index (κ3) is 2.83. The number of ether oxygens (including phenoxy) is 1. The number of methoxy groups -OCH3 is 1. The van der Waals surface area contributed by atoms with E-state index >= 15 is 0 Å². The highest BCUT2D eigenvalue weighted by atomic mass is 16.5. The zero-order valence-electron chi connectivity index (χ0n) is 13.7. The lowest BCUT2D eigenvalue weighted by Gasteiger charge is -2.16.